The van der Waals surface area contributed by atoms with E-state index in [0.717, 1.165) is 19.6 Å². The van der Waals surface area contributed by atoms with E-state index >= 15 is 0 Å². The van der Waals surface area contributed by atoms with Gasteiger partial charge < -0.3 is 9.47 Å². The van der Waals surface area contributed by atoms with E-state index in [1.165, 1.54) is 134 Å². The van der Waals surface area contributed by atoms with E-state index in [-0.39, 0.29) is 6.29 Å². The van der Waals surface area contributed by atoms with Gasteiger partial charge in [-0.3, -0.25) is 0 Å². The van der Waals surface area contributed by atoms with Gasteiger partial charge in [-0.15, -0.1) is 0 Å². The molecule has 28 heavy (non-hydrogen) atoms. The molecular weight excluding hydrogens is 412 g/mol. The molecule has 1 unspecified atom stereocenters. The topological polar surface area (TPSA) is 18.5 Å². The van der Waals surface area contributed by atoms with Crippen LogP contribution in [0.15, 0.2) is 0 Å². The maximum Gasteiger partial charge on any atom is 0.157 e. The lowest BCUT2D eigenvalue weighted by Crippen LogP contribution is -2.22. The first-order valence-electron chi connectivity index (χ1n) is 12.7. The first kappa shape index (κ1) is 26.4. The third-order valence-electron chi connectivity index (χ3n) is 5.97. The second-order valence-corrected chi connectivity index (χ2v) is 9.51. The summed E-state index contributed by atoms with van der Waals surface area (Å²) in [5.41, 5.74) is 0. The van der Waals surface area contributed by atoms with Crippen LogP contribution in [0.2, 0.25) is 0 Å². The Balaban J connectivity index is 1.64. The predicted octanol–water partition coefficient (Wildman–Crippen LogP) is 8.95. The fraction of sp³-hybridized carbons (Fsp3) is 1.00. The van der Waals surface area contributed by atoms with Crippen molar-refractivity contribution in [2.75, 3.05) is 18.5 Å². The minimum Gasteiger partial charge on any atom is -0.353 e. The molecule has 1 heterocycles. The zero-order valence-electron chi connectivity index (χ0n) is 18.7. The fourth-order valence-electron chi connectivity index (χ4n) is 4.08. The molecule has 0 aromatic heterocycles. The van der Waals surface area contributed by atoms with Crippen molar-refractivity contribution in [1.82, 2.24) is 0 Å². The van der Waals surface area contributed by atoms with Crippen LogP contribution < -0.4 is 0 Å². The molecule has 0 saturated carbocycles. The summed E-state index contributed by atoms with van der Waals surface area (Å²) in [6, 6.07) is 0. The summed E-state index contributed by atoms with van der Waals surface area (Å²) >= 11 is 3.51. The lowest BCUT2D eigenvalue weighted by Gasteiger charge is -2.22. The summed E-state index contributed by atoms with van der Waals surface area (Å²) < 4.78 is 11.4. The third kappa shape index (κ3) is 18.4. The van der Waals surface area contributed by atoms with Crippen LogP contribution in [0.1, 0.15) is 135 Å². The largest absolute Gasteiger partial charge is 0.353 e. The highest BCUT2D eigenvalue weighted by Crippen LogP contribution is 2.16. The molecule has 168 valence electrons. The highest BCUT2D eigenvalue weighted by atomic mass is 79.9. The van der Waals surface area contributed by atoms with Gasteiger partial charge in [0.2, 0.25) is 0 Å². The molecular formula is C25H49BrO2. The summed E-state index contributed by atoms with van der Waals surface area (Å²) in [7, 11) is 0. The summed E-state index contributed by atoms with van der Waals surface area (Å²) in [6.45, 7) is 1.78. The molecule has 0 amide bonds. The van der Waals surface area contributed by atoms with E-state index < -0.39 is 0 Å². The number of ether oxygens (including phenoxy) is 2. The maximum atomic E-state index is 5.79. The fourth-order valence-corrected chi connectivity index (χ4v) is 4.48. The first-order chi connectivity index (χ1) is 13.9. The summed E-state index contributed by atoms with van der Waals surface area (Å²) in [4.78, 5) is 0. The molecule has 0 radical (unpaired) electrons. The van der Waals surface area contributed by atoms with Crippen molar-refractivity contribution in [3.05, 3.63) is 0 Å². The number of rotatable bonds is 21. The number of hydrogen-bond donors (Lipinski definition) is 0. The normalized spacial score (nSPS) is 17.2. The molecule has 3 heteroatoms. The van der Waals surface area contributed by atoms with Crippen LogP contribution in [0.5, 0.6) is 0 Å². The molecule has 1 saturated heterocycles. The molecule has 1 fully saturated rings. The Bertz CT molecular complexity index is 292. The van der Waals surface area contributed by atoms with Crippen molar-refractivity contribution in [3.8, 4) is 0 Å². The predicted molar refractivity (Wildman–Crippen MR) is 126 cm³/mol. The number of alkyl halides is 1. The highest BCUT2D eigenvalue weighted by molar-refractivity contribution is 9.09. The second-order valence-electron chi connectivity index (χ2n) is 8.72. The standard InChI is InChI=1S/C25H49BrO2/c26-22-18-15-13-11-9-7-5-3-1-2-4-6-8-10-12-14-16-19-23-27-25-21-17-20-24-28-25/h25H,1-24H2. The van der Waals surface area contributed by atoms with Gasteiger partial charge in [-0.2, -0.15) is 0 Å². The SMILES string of the molecule is BrCCCCCCCCCCCCCCCCCCCCOC1CCCCO1. The number of hydrogen-bond acceptors (Lipinski definition) is 2. The molecule has 0 N–H and O–H groups in total. The minimum absolute atomic E-state index is 0.0998. The molecule has 1 rings (SSSR count). The van der Waals surface area contributed by atoms with Gasteiger partial charge in [-0.05, 0) is 32.1 Å². The number of halogens is 1. The molecule has 0 aromatic carbocycles. The van der Waals surface area contributed by atoms with E-state index in [0.29, 0.717) is 0 Å². The molecule has 2 nitrogen and oxygen atoms in total. The van der Waals surface area contributed by atoms with Gasteiger partial charge in [0.05, 0.1) is 0 Å². The third-order valence-corrected chi connectivity index (χ3v) is 6.53. The Morgan fingerprint density at radius 1 is 0.571 bits per heavy atom. The van der Waals surface area contributed by atoms with Gasteiger partial charge >= 0.3 is 0 Å². The lowest BCUT2D eigenvalue weighted by molar-refractivity contribution is -0.162. The average molecular weight is 462 g/mol. The summed E-state index contributed by atoms with van der Waals surface area (Å²) in [5, 5.41) is 1.18. The number of unbranched alkanes of at least 4 members (excludes halogenated alkanes) is 17. The monoisotopic (exact) mass is 460 g/mol. The van der Waals surface area contributed by atoms with Gasteiger partial charge in [0.1, 0.15) is 0 Å². The molecule has 1 aliphatic rings. The van der Waals surface area contributed by atoms with Gasteiger partial charge in [0.15, 0.2) is 6.29 Å². The van der Waals surface area contributed by atoms with Gasteiger partial charge in [-0.1, -0.05) is 119 Å². The Hall–Kier alpha value is 0.400. The molecule has 0 aliphatic carbocycles. The van der Waals surface area contributed by atoms with E-state index in [4.69, 9.17) is 9.47 Å². The zero-order chi connectivity index (χ0) is 20.0. The summed E-state index contributed by atoms with van der Waals surface area (Å²) in [6.07, 6.45) is 29.2. The summed E-state index contributed by atoms with van der Waals surface area (Å²) in [5.74, 6) is 0. The van der Waals surface area contributed by atoms with E-state index in [2.05, 4.69) is 15.9 Å². The molecule has 0 bridgehead atoms. The smallest absolute Gasteiger partial charge is 0.157 e. The van der Waals surface area contributed by atoms with Crippen LogP contribution >= 0.6 is 15.9 Å². The van der Waals surface area contributed by atoms with E-state index in [1.54, 1.807) is 0 Å². The second kappa shape index (κ2) is 22.1. The van der Waals surface area contributed by atoms with Gasteiger partial charge in [0, 0.05) is 18.5 Å². The maximum absolute atomic E-state index is 5.79. The van der Waals surface area contributed by atoms with Gasteiger partial charge in [-0.25, -0.2) is 0 Å². The van der Waals surface area contributed by atoms with Crippen LogP contribution in [0, 0.1) is 0 Å². The van der Waals surface area contributed by atoms with E-state index in [1.807, 2.05) is 0 Å². The Labute approximate surface area is 185 Å². The van der Waals surface area contributed by atoms with Crippen molar-refractivity contribution >= 4 is 15.9 Å². The van der Waals surface area contributed by atoms with Crippen molar-refractivity contribution < 1.29 is 9.47 Å². The van der Waals surface area contributed by atoms with E-state index in [9.17, 15) is 0 Å². The molecule has 1 atom stereocenters. The first-order valence-corrected chi connectivity index (χ1v) is 13.8. The quantitative estimate of drug-likeness (QED) is 0.125. The van der Waals surface area contributed by atoms with Crippen LogP contribution in [0.4, 0.5) is 0 Å². The Morgan fingerprint density at radius 3 is 1.39 bits per heavy atom. The van der Waals surface area contributed by atoms with Crippen molar-refractivity contribution in [1.29, 1.82) is 0 Å². The van der Waals surface area contributed by atoms with Crippen molar-refractivity contribution in [3.63, 3.8) is 0 Å². The van der Waals surface area contributed by atoms with Crippen molar-refractivity contribution in [2.24, 2.45) is 0 Å². The molecule has 0 spiro atoms. The van der Waals surface area contributed by atoms with Crippen LogP contribution in [0.25, 0.3) is 0 Å². The van der Waals surface area contributed by atoms with Crippen LogP contribution in [-0.2, 0) is 9.47 Å². The molecule has 0 aromatic rings. The highest BCUT2D eigenvalue weighted by Gasteiger charge is 2.13. The van der Waals surface area contributed by atoms with Crippen molar-refractivity contribution in [2.45, 2.75) is 141 Å². The average Bonchev–Trinajstić information content (AvgIpc) is 2.73. The zero-order valence-corrected chi connectivity index (χ0v) is 20.3. The molecule has 1 aliphatic heterocycles. The Kier molecular flexibility index (Phi) is 20.9. The van der Waals surface area contributed by atoms with Crippen LogP contribution in [-0.4, -0.2) is 24.8 Å². The van der Waals surface area contributed by atoms with Crippen LogP contribution in [0.3, 0.4) is 0 Å². The van der Waals surface area contributed by atoms with Gasteiger partial charge in [0.25, 0.3) is 0 Å². The minimum atomic E-state index is 0.0998. The Morgan fingerprint density at radius 2 is 1.00 bits per heavy atom. The lowest BCUT2D eigenvalue weighted by atomic mass is 10.0.